The summed E-state index contributed by atoms with van der Waals surface area (Å²) in [4.78, 5) is 20.1. The van der Waals surface area contributed by atoms with Crippen LogP contribution >= 0.6 is 11.3 Å². The number of nitrogens with zero attached hydrogens (tertiary/aromatic N) is 2. The summed E-state index contributed by atoms with van der Waals surface area (Å²) >= 11 is 1.49. The van der Waals surface area contributed by atoms with Crippen LogP contribution in [0.5, 0.6) is 0 Å². The molecular formula is C11H12N4O2S. The number of hydrogen-bond donors (Lipinski definition) is 3. The first-order valence-electron chi connectivity index (χ1n) is 5.17. The third-order valence-corrected chi connectivity index (χ3v) is 3.41. The number of thiazole rings is 1. The largest absolute Gasteiger partial charge is 0.478 e. The van der Waals surface area contributed by atoms with Gasteiger partial charge in [-0.3, -0.25) is 0 Å². The fourth-order valence-corrected chi connectivity index (χ4v) is 2.14. The number of carboxylic acid groups (broad SMARTS) is 1. The molecule has 94 valence electrons. The van der Waals surface area contributed by atoms with E-state index in [0.717, 1.165) is 10.6 Å². The number of nitrogens with one attached hydrogen (secondary N) is 1. The molecule has 0 bridgehead atoms. The van der Waals surface area contributed by atoms with Gasteiger partial charge >= 0.3 is 5.97 Å². The smallest absolute Gasteiger partial charge is 0.337 e. The molecule has 0 radical (unpaired) electrons. The number of aromatic nitrogens is 2. The SMILES string of the molecule is Cc1nc(Nc2ncc(C(=O)O)cc2N)sc1C. The van der Waals surface area contributed by atoms with E-state index in [9.17, 15) is 4.79 Å². The van der Waals surface area contributed by atoms with Gasteiger partial charge in [0.15, 0.2) is 10.9 Å². The van der Waals surface area contributed by atoms with Crippen molar-refractivity contribution in [2.24, 2.45) is 0 Å². The molecule has 0 aliphatic rings. The Balaban J connectivity index is 2.27. The number of pyridine rings is 1. The zero-order valence-electron chi connectivity index (χ0n) is 9.89. The second-order valence-electron chi connectivity index (χ2n) is 3.75. The van der Waals surface area contributed by atoms with Crippen LogP contribution in [-0.4, -0.2) is 21.0 Å². The summed E-state index contributed by atoms with van der Waals surface area (Å²) in [7, 11) is 0. The van der Waals surface area contributed by atoms with Gasteiger partial charge in [-0.2, -0.15) is 0 Å². The van der Waals surface area contributed by atoms with Crippen molar-refractivity contribution in [3.63, 3.8) is 0 Å². The molecule has 6 nitrogen and oxygen atoms in total. The first-order valence-corrected chi connectivity index (χ1v) is 5.99. The lowest BCUT2D eigenvalue weighted by atomic mass is 10.2. The van der Waals surface area contributed by atoms with Gasteiger partial charge in [0.2, 0.25) is 0 Å². The number of carbonyl (C=O) groups is 1. The van der Waals surface area contributed by atoms with Gasteiger partial charge in [-0.25, -0.2) is 14.8 Å². The maximum Gasteiger partial charge on any atom is 0.337 e. The molecule has 0 atom stereocenters. The molecule has 0 spiro atoms. The molecule has 4 N–H and O–H groups in total. The average molecular weight is 264 g/mol. The van der Waals surface area contributed by atoms with Gasteiger partial charge in [0.1, 0.15) is 0 Å². The minimum Gasteiger partial charge on any atom is -0.478 e. The standard InChI is InChI=1S/C11H12N4O2S/c1-5-6(2)18-11(14-5)15-9-8(12)3-7(4-13-9)10(16)17/h3-4H,12H2,1-2H3,(H,16,17)(H,13,14,15). The second kappa shape index (κ2) is 4.61. The van der Waals surface area contributed by atoms with Crippen LogP contribution in [0.4, 0.5) is 16.6 Å². The highest BCUT2D eigenvalue weighted by Crippen LogP contribution is 2.26. The van der Waals surface area contributed by atoms with Gasteiger partial charge in [0.25, 0.3) is 0 Å². The van der Waals surface area contributed by atoms with Crippen molar-refractivity contribution in [3.8, 4) is 0 Å². The maximum absolute atomic E-state index is 10.7. The normalized spacial score (nSPS) is 10.3. The number of aryl methyl sites for hydroxylation is 2. The average Bonchev–Trinajstić information content (AvgIpc) is 2.61. The number of hydrogen-bond acceptors (Lipinski definition) is 6. The van der Waals surface area contributed by atoms with E-state index in [1.165, 1.54) is 23.6 Å². The van der Waals surface area contributed by atoms with Crippen LogP contribution in [0.3, 0.4) is 0 Å². The van der Waals surface area contributed by atoms with Gasteiger partial charge in [-0.15, -0.1) is 11.3 Å². The van der Waals surface area contributed by atoms with Crippen molar-refractivity contribution < 1.29 is 9.90 Å². The summed E-state index contributed by atoms with van der Waals surface area (Å²) < 4.78 is 0. The predicted octanol–water partition coefficient (Wildman–Crippen LogP) is 2.18. The number of anilines is 3. The fraction of sp³-hybridized carbons (Fsp3) is 0.182. The molecule has 0 amide bonds. The molecule has 0 aromatic carbocycles. The number of nitrogens with two attached hydrogens (primary N) is 1. The molecule has 2 aromatic heterocycles. The second-order valence-corrected chi connectivity index (χ2v) is 4.96. The third-order valence-electron chi connectivity index (χ3n) is 2.42. The Bertz CT molecular complexity index is 590. The zero-order valence-corrected chi connectivity index (χ0v) is 10.7. The Kier molecular flexibility index (Phi) is 3.15. The molecule has 0 fully saturated rings. The van der Waals surface area contributed by atoms with E-state index in [1.807, 2.05) is 13.8 Å². The summed E-state index contributed by atoms with van der Waals surface area (Å²) in [5, 5.41) is 12.5. The molecule has 18 heavy (non-hydrogen) atoms. The van der Waals surface area contributed by atoms with Crippen molar-refractivity contribution in [1.82, 2.24) is 9.97 Å². The van der Waals surface area contributed by atoms with Crippen LogP contribution in [0, 0.1) is 13.8 Å². The summed E-state index contributed by atoms with van der Waals surface area (Å²) in [6, 6.07) is 1.37. The number of rotatable bonds is 3. The molecule has 2 heterocycles. The molecular weight excluding hydrogens is 252 g/mol. The van der Waals surface area contributed by atoms with E-state index in [-0.39, 0.29) is 11.3 Å². The number of carboxylic acids is 1. The quantitative estimate of drug-likeness (QED) is 0.785. The topological polar surface area (TPSA) is 101 Å². The lowest BCUT2D eigenvalue weighted by Crippen LogP contribution is -2.03. The van der Waals surface area contributed by atoms with E-state index < -0.39 is 5.97 Å². The summed E-state index contributed by atoms with van der Waals surface area (Å²) in [5.41, 5.74) is 7.03. The minimum absolute atomic E-state index is 0.0598. The molecule has 2 rings (SSSR count). The van der Waals surface area contributed by atoms with Gasteiger partial charge < -0.3 is 16.2 Å². The van der Waals surface area contributed by atoms with E-state index >= 15 is 0 Å². The Labute approximate surface area is 108 Å². The van der Waals surface area contributed by atoms with Crippen LogP contribution in [-0.2, 0) is 0 Å². The summed E-state index contributed by atoms with van der Waals surface area (Å²) in [5.74, 6) is -0.643. The third kappa shape index (κ3) is 2.40. The molecule has 0 saturated heterocycles. The van der Waals surface area contributed by atoms with Crippen molar-refractivity contribution >= 4 is 33.9 Å². The van der Waals surface area contributed by atoms with Gasteiger partial charge in [-0.05, 0) is 19.9 Å². The monoisotopic (exact) mass is 264 g/mol. The Hall–Kier alpha value is -2.15. The highest BCUT2D eigenvalue weighted by Gasteiger charge is 2.10. The molecule has 0 aliphatic carbocycles. The van der Waals surface area contributed by atoms with Gasteiger partial charge in [-0.1, -0.05) is 0 Å². The van der Waals surface area contributed by atoms with Gasteiger partial charge in [0.05, 0.1) is 16.9 Å². The number of aromatic carboxylic acids is 1. The Morgan fingerprint density at radius 2 is 2.22 bits per heavy atom. The fourth-order valence-electron chi connectivity index (χ4n) is 1.33. The van der Waals surface area contributed by atoms with E-state index in [2.05, 4.69) is 15.3 Å². The van der Waals surface area contributed by atoms with Crippen LogP contribution in [0.25, 0.3) is 0 Å². The van der Waals surface area contributed by atoms with Gasteiger partial charge in [0, 0.05) is 11.1 Å². The van der Waals surface area contributed by atoms with Crippen LogP contribution < -0.4 is 11.1 Å². The molecule has 7 heteroatoms. The molecule has 0 unspecified atom stereocenters. The van der Waals surface area contributed by atoms with E-state index in [0.29, 0.717) is 10.9 Å². The highest BCUT2D eigenvalue weighted by molar-refractivity contribution is 7.15. The summed E-state index contributed by atoms with van der Waals surface area (Å²) in [6.07, 6.45) is 1.26. The first-order chi connectivity index (χ1) is 8.47. The first kappa shape index (κ1) is 12.3. The molecule has 0 saturated carbocycles. The maximum atomic E-state index is 10.7. The van der Waals surface area contributed by atoms with Crippen molar-refractivity contribution in [3.05, 3.63) is 28.4 Å². The predicted molar refractivity (Wildman–Crippen MR) is 70.5 cm³/mol. The Morgan fingerprint density at radius 3 is 2.72 bits per heavy atom. The molecule has 0 aliphatic heterocycles. The number of nitrogen functional groups attached to an aromatic ring is 1. The highest BCUT2D eigenvalue weighted by atomic mass is 32.1. The van der Waals surface area contributed by atoms with E-state index in [1.54, 1.807) is 0 Å². The minimum atomic E-state index is -1.05. The zero-order chi connectivity index (χ0) is 13.3. The lowest BCUT2D eigenvalue weighted by molar-refractivity contribution is 0.0696. The lowest BCUT2D eigenvalue weighted by Gasteiger charge is -2.05. The summed E-state index contributed by atoms with van der Waals surface area (Å²) in [6.45, 7) is 3.89. The van der Waals surface area contributed by atoms with Crippen LogP contribution in [0.2, 0.25) is 0 Å². The van der Waals surface area contributed by atoms with Crippen molar-refractivity contribution in [2.75, 3.05) is 11.1 Å². The van der Waals surface area contributed by atoms with Crippen LogP contribution in [0.15, 0.2) is 12.3 Å². The van der Waals surface area contributed by atoms with Crippen molar-refractivity contribution in [1.29, 1.82) is 0 Å². The van der Waals surface area contributed by atoms with Crippen LogP contribution in [0.1, 0.15) is 20.9 Å². The molecule has 2 aromatic rings. The van der Waals surface area contributed by atoms with E-state index in [4.69, 9.17) is 10.8 Å². The van der Waals surface area contributed by atoms with Crippen molar-refractivity contribution in [2.45, 2.75) is 13.8 Å². The Morgan fingerprint density at radius 1 is 1.50 bits per heavy atom.